The minimum Gasteiger partial charge on any atom is -0.198 e. The third-order valence-electron chi connectivity index (χ3n) is 1.92. The summed E-state index contributed by atoms with van der Waals surface area (Å²) in [6.07, 6.45) is 1.82. The number of hydrogen-bond donors (Lipinski definition) is 0. The number of rotatable bonds is 2. The van der Waals surface area contributed by atoms with Crippen LogP contribution in [0.15, 0.2) is 24.3 Å². The first-order chi connectivity index (χ1) is 7.10. The zero-order valence-electron chi connectivity index (χ0n) is 10.2. The number of aryl methyl sites for hydroxylation is 1. The average molecular weight is 203 g/mol. The van der Waals surface area contributed by atoms with Crippen LogP contribution in [0.5, 0.6) is 0 Å². The number of nitriles is 1. The highest BCUT2D eigenvalue weighted by atomic mass is 14.2. The molecule has 0 aliphatic heterocycles. The van der Waals surface area contributed by atoms with E-state index in [1.807, 2.05) is 13.0 Å². The molecule has 0 fully saturated rings. The van der Waals surface area contributed by atoms with Gasteiger partial charge in [0.25, 0.3) is 0 Å². The highest BCUT2D eigenvalue weighted by molar-refractivity contribution is 5.21. The van der Waals surface area contributed by atoms with Gasteiger partial charge in [-0.3, -0.25) is 0 Å². The molecular formula is C14H21N. The molecule has 0 atom stereocenters. The second kappa shape index (κ2) is 8.05. The zero-order valence-corrected chi connectivity index (χ0v) is 10.2. The maximum atomic E-state index is 7.62. The first-order valence-corrected chi connectivity index (χ1v) is 5.52. The third kappa shape index (κ3) is 7.76. The van der Waals surface area contributed by atoms with Gasteiger partial charge in [0.15, 0.2) is 0 Å². The summed E-state index contributed by atoms with van der Waals surface area (Å²) >= 11 is 0. The molecule has 1 rings (SSSR count). The summed E-state index contributed by atoms with van der Waals surface area (Å²) in [7, 11) is 0. The van der Waals surface area contributed by atoms with Crippen molar-refractivity contribution in [1.82, 2.24) is 0 Å². The van der Waals surface area contributed by atoms with E-state index >= 15 is 0 Å². The fourth-order valence-corrected chi connectivity index (χ4v) is 1.20. The van der Waals surface area contributed by atoms with Crippen molar-refractivity contribution in [3.63, 3.8) is 0 Å². The normalized spacial score (nSPS) is 9.07. The lowest BCUT2D eigenvalue weighted by atomic mass is 10.0. The zero-order chi connectivity index (χ0) is 11.7. The molecule has 0 bridgehead atoms. The van der Waals surface area contributed by atoms with Crippen LogP contribution in [0.25, 0.3) is 0 Å². The maximum absolute atomic E-state index is 7.62. The summed E-state index contributed by atoms with van der Waals surface area (Å²) in [4.78, 5) is 0. The van der Waals surface area contributed by atoms with Gasteiger partial charge in [-0.2, -0.15) is 5.26 Å². The molecule has 0 heterocycles. The van der Waals surface area contributed by atoms with E-state index in [0.29, 0.717) is 6.42 Å². The first-order valence-electron chi connectivity index (χ1n) is 5.52. The molecule has 0 radical (unpaired) electrons. The average Bonchev–Trinajstić information content (AvgIpc) is 2.21. The van der Waals surface area contributed by atoms with Gasteiger partial charge in [-0.05, 0) is 24.8 Å². The van der Waals surface area contributed by atoms with Crippen LogP contribution in [-0.4, -0.2) is 0 Å². The van der Waals surface area contributed by atoms with Crippen molar-refractivity contribution in [2.75, 3.05) is 0 Å². The Morgan fingerprint density at radius 1 is 1.20 bits per heavy atom. The molecule has 0 saturated heterocycles. The molecule has 0 amide bonds. The van der Waals surface area contributed by atoms with Gasteiger partial charge in [-0.1, -0.05) is 50.6 Å². The number of benzene rings is 1. The summed E-state index contributed by atoms with van der Waals surface area (Å²) in [5.74, 6) is 0.762. The minimum absolute atomic E-state index is 0.625. The second-order valence-electron chi connectivity index (χ2n) is 4.10. The van der Waals surface area contributed by atoms with Crippen molar-refractivity contribution in [3.05, 3.63) is 35.4 Å². The molecule has 0 spiro atoms. The molecule has 1 aromatic rings. The van der Waals surface area contributed by atoms with Gasteiger partial charge in [0.2, 0.25) is 0 Å². The Morgan fingerprint density at radius 3 is 2.00 bits per heavy atom. The van der Waals surface area contributed by atoms with E-state index in [2.05, 4.69) is 45.0 Å². The van der Waals surface area contributed by atoms with Crippen LogP contribution in [0, 0.1) is 24.2 Å². The van der Waals surface area contributed by atoms with Crippen LogP contribution in [0.3, 0.4) is 0 Å². The SMILES string of the molecule is CCC#N.Cc1ccc(CC(C)C)cc1. The molecular weight excluding hydrogens is 182 g/mol. The smallest absolute Gasteiger partial charge is 0.0618 e. The topological polar surface area (TPSA) is 23.8 Å². The van der Waals surface area contributed by atoms with E-state index in [1.54, 1.807) is 0 Å². The van der Waals surface area contributed by atoms with Crippen molar-refractivity contribution < 1.29 is 0 Å². The molecule has 1 aromatic carbocycles. The van der Waals surface area contributed by atoms with Gasteiger partial charge in [0, 0.05) is 6.42 Å². The van der Waals surface area contributed by atoms with Crippen LogP contribution in [0.1, 0.15) is 38.3 Å². The predicted molar refractivity (Wildman–Crippen MR) is 65.6 cm³/mol. The quantitative estimate of drug-likeness (QED) is 0.709. The van der Waals surface area contributed by atoms with Gasteiger partial charge < -0.3 is 0 Å². The van der Waals surface area contributed by atoms with Crippen LogP contribution < -0.4 is 0 Å². The van der Waals surface area contributed by atoms with Gasteiger partial charge >= 0.3 is 0 Å². The molecule has 0 aromatic heterocycles. The standard InChI is InChI=1S/C11H16.C3H5N/c1-9(2)8-11-6-4-10(3)5-7-11;1-2-3-4/h4-7,9H,8H2,1-3H3;2H2,1H3. The van der Waals surface area contributed by atoms with E-state index in [9.17, 15) is 0 Å². The second-order valence-corrected chi connectivity index (χ2v) is 4.10. The molecule has 0 aliphatic carbocycles. The molecule has 0 aliphatic rings. The summed E-state index contributed by atoms with van der Waals surface area (Å²) in [6.45, 7) is 8.44. The fraction of sp³-hybridized carbons (Fsp3) is 0.500. The van der Waals surface area contributed by atoms with Crippen LogP contribution in [0.4, 0.5) is 0 Å². The number of hydrogen-bond acceptors (Lipinski definition) is 1. The van der Waals surface area contributed by atoms with Crippen molar-refractivity contribution in [2.24, 2.45) is 5.92 Å². The molecule has 0 unspecified atom stereocenters. The van der Waals surface area contributed by atoms with Gasteiger partial charge in [0.05, 0.1) is 6.07 Å². The lowest BCUT2D eigenvalue weighted by Gasteiger charge is -2.04. The van der Waals surface area contributed by atoms with E-state index in [4.69, 9.17) is 5.26 Å². The van der Waals surface area contributed by atoms with Crippen LogP contribution >= 0.6 is 0 Å². The fourth-order valence-electron chi connectivity index (χ4n) is 1.20. The molecule has 1 heteroatoms. The van der Waals surface area contributed by atoms with E-state index in [-0.39, 0.29) is 0 Å². The lowest BCUT2D eigenvalue weighted by molar-refractivity contribution is 0.647. The maximum Gasteiger partial charge on any atom is 0.0618 e. The summed E-state index contributed by atoms with van der Waals surface area (Å²) in [5, 5.41) is 7.62. The molecule has 0 saturated carbocycles. The van der Waals surface area contributed by atoms with Crippen molar-refractivity contribution in [2.45, 2.75) is 40.5 Å². The van der Waals surface area contributed by atoms with E-state index in [0.717, 1.165) is 5.92 Å². The Bertz CT molecular complexity index is 290. The Morgan fingerprint density at radius 2 is 1.67 bits per heavy atom. The van der Waals surface area contributed by atoms with Gasteiger partial charge in [-0.15, -0.1) is 0 Å². The first kappa shape index (κ1) is 13.7. The summed E-state index contributed by atoms with van der Waals surface area (Å²) < 4.78 is 0. The van der Waals surface area contributed by atoms with Gasteiger partial charge in [-0.25, -0.2) is 0 Å². The van der Waals surface area contributed by atoms with Crippen LogP contribution in [0.2, 0.25) is 0 Å². The lowest BCUT2D eigenvalue weighted by Crippen LogP contribution is -1.93. The Hall–Kier alpha value is -1.29. The Labute approximate surface area is 93.7 Å². The minimum atomic E-state index is 0.625. The highest BCUT2D eigenvalue weighted by Crippen LogP contribution is 2.08. The molecule has 1 nitrogen and oxygen atoms in total. The third-order valence-corrected chi connectivity index (χ3v) is 1.92. The number of nitrogens with zero attached hydrogens (tertiary/aromatic N) is 1. The summed E-state index contributed by atoms with van der Waals surface area (Å²) in [5.41, 5.74) is 2.79. The summed E-state index contributed by atoms with van der Waals surface area (Å²) in [6, 6.07) is 10.7. The largest absolute Gasteiger partial charge is 0.198 e. The molecule has 15 heavy (non-hydrogen) atoms. The van der Waals surface area contributed by atoms with E-state index in [1.165, 1.54) is 17.5 Å². The molecule has 82 valence electrons. The van der Waals surface area contributed by atoms with Crippen LogP contribution in [-0.2, 0) is 6.42 Å². The van der Waals surface area contributed by atoms with Crippen molar-refractivity contribution in [1.29, 1.82) is 5.26 Å². The van der Waals surface area contributed by atoms with E-state index < -0.39 is 0 Å². The molecule has 0 N–H and O–H groups in total. The Kier molecular flexibility index (Phi) is 7.36. The van der Waals surface area contributed by atoms with Crippen molar-refractivity contribution in [3.8, 4) is 6.07 Å². The Balaban J connectivity index is 0.000000423. The van der Waals surface area contributed by atoms with Crippen molar-refractivity contribution >= 4 is 0 Å². The highest BCUT2D eigenvalue weighted by Gasteiger charge is 1.95. The van der Waals surface area contributed by atoms with Gasteiger partial charge in [0.1, 0.15) is 0 Å². The monoisotopic (exact) mass is 203 g/mol. The predicted octanol–water partition coefficient (Wildman–Crippen LogP) is 4.11.